The van der Waals surface area contributed by atoms with Crippen LogP contribution in [0.15, 0.2) is 59.4 Å². The van der Waals surface area contributed by atoms with Crippen LogP contribution in [-0.4, -0.2) is 33.0 Å². The topological polar surface area (TPSA) is 56.5 Å². The number of aromatic nitrogens is 2. The van der Waals surface area contributed by atoms with Crippen molar-refractivity contribution in [3.05, 3.63) is 81.8 Å². The molecule has 7 heteroatoms. The number of carbonyl (C=O) groups is 1. The third kappa shape index (κ3) is 3.46. The van der Waals surface area contributed by atoms with E-state index in [2.05, 4.69) is 0 Å². The third-order valence-electron chi connectivity index (χ3n) is 5.33. The highest BCUT2D eigenvalue weighted by molar-refractivity contribution is 8.00. The average Bonchev–Trinajstić information content (AvgIpc) is 3.19. The fourth-order valence-electron chi connectivity index (χ4n) is 3.67. The molecule has 150 valence electrons. The summed E-state index contributed by atoms with van der Waals surface area (Å²) in [4.78, 5) is 27.8. The first-order valence-electron chi connectivity index (χ1n) is 9.39. The fraction of sp³-hybridized carbons (Fsp3) is 0.273. The number of amides is 1. The van der Waals surface area contributed by atoms with Crippen LogP contribution >= 0.6 is 11.8 Å². The average molecular weight is 410 g/mol. The summed E-state index contributed by atoms with van der Waals surface area (Å²) >= 11 is 1.51. The van der Waals surface area contributed by atoms with Crippen LogP contribution in [0, 0.1) is 6.92 Å². The van der Waals surface area contributed by atoms with Crippen molar-refractivity contribution in [3.8, 4) is 11.4 Å². The molecule has 1 fully saturated rings. The molecule has 1 unspecified atom stereocenters. The highest BCUT2D eigenvalue weighted by Crippen LogP contribution is 2.39. The number of para-hydroxylation sites is 1. The molecule has 1 aromatic heterocycles. The molecule has 1 saturated heterocycles. The first kappa shape index (κ1) is 19.4. The first-order chi connectivity index (χ1) is 14.0. The standard InChI is InChI=1S/C22H23N3O3S/c1-15-20(21(27)25(23(15)2)17-7-5-4-6-8-17)22-24(19(26)14-29-22)13-16-9-11-18(28-3)12-10-16/h4-12,22H,13-14H2,1-3H3. The van der Waals surface area contributed by atoms with Gasteiger partial charge in [-0.25, -0.2) is 4.68 Å². The second-order valence-corrected chi connectivity index (χ2v) is 8.08. The highest BCUT2D eigenvalue weighted by atomic mass is 32.2. The molecule has 3 aromatic rings. The molecular formula is C22H23N3O3S. The molecule has 6 nitrogen and oxygen atoms in total. The number of rotatable bonds is 5. The summed E-state index contributed by atoms with van der Waals surface area (Å²) in [5.74, 6) is 1.20. The third-order valence-corrected chi connectivity index (χ3v) is 6.55. The Morgan fingerprint density at radius 2 is 1.76 bits per heavy atom. The van der Waals surface area contributed by atoms with Gasteiger partial charge in [0.1, 0.15) is 11.1 Å². The van der Waals surface area contributed by atoms with Crippen molar-refractivity contribution in [1.82, 2.24) is 14.3 Å². The molecule has 1 amide bonds. The monoisotopic (exact) mass is 409 g/mol. The predicted molar refractivity (Wildman–Crippen MR) is 114 cm³/mol. The van der Waals surface area contributed by atoms with Crippen molar-refractivity contribution in [2.45, 2.75) is 18.8 Å². The van der Waals surface area contributed by atoms with Crippen LogP contribution in [0.3, 0.4) is 0 Å². The van der Waals surface area contributed by atoms with Crippen LogP contribution in [0.25, 0.3) is 5.69 Å². The number of methoxy groups -OCH3 is 1. The quantitative estimate of drug-likeness (QED) is 0.649. The molecule has 0 N–H and O–H groups in total. The molecule has 1 aliphatic heterocycles. The predicted octanol–water partition coefficient (Wildman–Crippen LogP) is 3.27. The summed E-state index contributed by atoms with van der Waals surface area (Å²) in [6.07, 6.45) is 0. The minimum Gasteiger partial charge on any atom is -0.497 e. The van der Waals surface area contributed by atoms with Gasteiger partial charge in [0.25, 0.3) is 5.56 Å². The summed E-state index contributed by atoms with van der Waals surface area (Å²) in [5, 5.41) is -0.298. The SMILES string of the molecule is COc1ccc(CN2C(=O)CSC2c2c(C)n(C)n(-c3ccccc3)c2=O)cc1. The maximum absolute atomic E-state index is 13.4. The van der Waals surface area contributed by atoms with Gasteiger partial charge in [0.05, 0.1) is 24.1 Å². The summed E-state index contributed by atoms with van der Waals surface area (Å²) < 4.78 is 8.74. The van der Waals surface area contributed by atoms with Crippen molar-refractivity contribution in [2.75, 3.05) is 12.9 Å². The zero-order valence-corrected chi connectivity index (χ0v) is 17.5. The zero-order chi connectivity index (χ0) is 20.5. The molecule has 4 rings (SSSR count). The van der Waals surface area contributed by atoms with Gasteiger partial charge in [-0.15, -0.1) is 11.8 Å². The number of benzene rings is 2. The van der Waals surface area contributed by atoms with Gasteiger partial charge in [0, 0.05) is 19.3 Å². The molecule has 1 aliphatic rings. The Kier molecular flexibility index (Phi) is 5.24. The van der Waals surface area contributed by atoms with E-state index in [0.717, 1.165) is 22.7 Å². The Balaban J connectivity index is 1.71. The van der Waals surface area contributed by atoms with Gasteiger partial charge < -0.3 is 9.64 Å². The lowest BCUT2D eigenvalue weighted by molar-refractivity contribution is -0.128. The van der Waals surface area contributed by atoms with Gasteiger partial charge in [-0.1, -0.05) is 30.3 Å². The minimum atomic E-state index is -0.298. The molecular weight excluding hydrogens is 386 g/mol. The van der Waals surface area contributed by atoms with Gasteiger partial charge in [-0.2, -0.15) is 0 Å². The van der Waals surface area contributed by atoms with Gasteiger partial charge in [0.15, 0.2) is 0 Å². The Labute approximate surface area is 173 Å². The molecule has 29 heavy (non-hydrogen) atoms. The van der Waals surface area contributed by atoms with Crippen LogP contribution in [-0.2, 0) is 18.4 Å². The van der Waals surface area contributed by atoms with Crippen LogP contribution in [0.1, 0.15) is 22.2 Å². The van der Waals surface area contributed by atoms with Gasteiger partial charge in [-0.05, 0) is 36.8 Å². The van der Waals surface area contributed by atoms with Crippen molar-refractivity contribution < 1.29 is 9.53 Å². The second-order valence-electron chi connectivity index (χ2n) is 7.01. The van der Waals surface area contributed by atoms with E-state index in [1.54, 1.807) is 16.7 Å². The lowest BCUT2D eigenvalue weighted by Crippen LogP contribution is -2.31. The maximum atomic E-state index is 13.4. The van der Waals surface area contributed by atoms with E-state index in [4.69, 9.17) is 4.74 Å². The van der Waals surface area contributed by atoms with Crippen molar-refractivity contribution in [1.29, 1.82) is 0 Å². The van der Waals surface area contributed by atoms with Crippen molar-refractivity contribution in [3.63, 3.8) is 0 Å². The van der Waals surface area contributed by atoms with Crippen LogP contribution < -0.4 is 10.3 Å². The fourth-order valence-corrected chi connectivity index (χ4v) is 4.94. The summed E-state index contributed by atoms with van der Waals surface area (Å²) in [7, 11) is 3.50. The van der Waals surface area contributed by atoms with Crippen LogP contribution in [0.5, 0.6) is 5.75 Å². The highest BCUT2D eigenvalue weighted by Gasteiger charge is 2.37. The minimum absolute atomic E-state index is 0.0460. The first-order valence-corrected chi connectivity index (χ1v) is 10.4. The van der Waals surface area contributed by atoms with E-state index in [1.165, 1.54) is 11.8 Å². The number of hydrogen-bond donors (Lipinski definition) is 0. The summed E-state index contributed by atoms with van der Waals surface area (Å²) in [6.45, 7) is 2.39. The number of nitrogens with zero attached hydrogens (tertiary/aromatic N) is 3. The normalized spacial score (nSPS) is 16.4. The molecule has 2 heterocycles. The Morgan fingerprint density at radius 1 is 1.07 bits per heavy atom. The lowest BCUT2D eigenvalue weighted by atomic mass is 10.1. The van der Waals surface area contributed by atoms with Crippen LogP contribution in [0.4, 0.5) is 0 Å². The van der Waals surface area contributed by atoms with Crippen molar-refractivity contribution in [2.24, 2.45) is 7.05 Å². The Morgan fingerprint density at radius 3 is 2.41 bits per heavy atom. The number of carbonyl (C=O) groups excluding carboxylic acids is 1. The molecule has 0 bridgehead atoms. The number of ether oxygens (including phenoxy) is 1. The van der Waals surface area contributed by atoms with E-state index in [1.807, 2.05) is 73.3 Å². The van der Waals surface area contributed by atoms with Crippen LogP contribution in [0.2, 0.25) is 0 Å². The van der Waals surface area contributed by atoms with Crippen molar-refractivity contribution >= 4 is 17.7 Å². The second kappa shape index (κ2) is 7.83. The summed E-state index contributed by atoms with van der Waals surface area (Å²) in [6, 6.07) is 17.2. The van der Waals surface area contributed by atoms with Gasteiger partial charge in [0.2, 0.25) is 5.91 Å². The van der Waals surface area contributed by atoms with E-state index in [9.17, 15) is 9.59 Å². The molecule has 0 radical (unpaired) electrons. The van der Waals surface area contributed by atoms with E-state index >= 15 is 0 Å². The molecule has 1 atom stereocenters. The van der Waals surface area contributed by atoms with E-state index < -0.39 is 0 Å². The maximum Gasteiger partial charge on any atom is 0.277 e. The largest absolute Gasteiger partial charge is 0.497 e. The summed E-state index contributed by atoms with van der Waals surface area (Å²) in [5.41, 5.74) is 3.27. The number of hydrogen-bond acceptors (Lipinski definition) is 4. The van der Waals surface area contributed by atoms with Gasteiger partial charge >= 0.3 is 0 Å². The molecule has 0 aliphatic carbocycles. The zero-order valence-electron chi connectivity index (χ0n) is 16.7. The van der Waals surface area contributed by atoms with E-state index in [0.29, 0.717) is 17.9 Å². The molecule has 2 aromatic carbocycles. The Hall–Kier alpha value is -2.93. The Bertz CT molecular complexity index is 1090. The smallest absolute Gasteiger partial charge is 0.277 e. The van der Waals surface area contributed by atoms with Gasteiger partial charge in [-0.3, -0.25) is 14.3 Å². The van der Waals surface area contributed by atoms with E-state index in [-0.39, 0.29) is 16.8 Å². The molecule has 0 spiro atoms. The number of thioether (sulfide) groups is 1. The lowest BCUT2D eigenvalue weighted by Gasteiger charge is -2.23. The molecule has 0 saturated carbocycles.